The first-order valence-corrected chi connectivity index (χ1v) is 9.84. The minimum atomic E-state index is -2.87. The van der Waals surface area contributed by atoms with E-state index in [9.17, 15) is 9.67 Å². The van der Waals surface area contributed by atoms with Crippen LogP contribution in [-0.2, 0) is 9.30 Å². The molecule has 1 aliphatic rings. The van der Waals surface area contributed by atoms with E-state index in [1.807, 2.05) is 60.7 Å². The predicted molar refractivity (Wildman–Crippen MR) is 94.1 cm³/mol. The summed E-state index contributed by atoms with van der Waals surface area (Å²) in [6, 6.07) is 19.4. The first-order valence-electron chi connectivity index (χ1n) is 8.06. The molecule has 4 heteroatoms. The summed E-state index contributed by atoms with van der Waals surface area (Å²) in [6.45, 7) is 4.15. The van der Waals surface area contributed by atoms with Crippen molar-refractivity contribution in [2.45, 2.75) is 31.7 Å². The quantitative estimate of drug-likeness (QED) is 0.654. The lowest BCUT2D eigenvalue weighted by molar-refractivity contribution is 0.241. The van der Waals surface area contributed by atoms with Gasteiger partial charge in [0.25, 0.3) is 0 Å². The monoisotopic (exact) mass is 330 g/mol. The van der Waals surface area contributed by atoms with E-state index in [0.29, 0.717) is 0 Å². The number of hydrogen-bond acceptors (Lipinski definition) is 3. The molecule has 3 rings (SSSR count). The molecule has 0 aromatic heterocycles. The Hall–Kier alpha value is -1.41. The molecule has 1 heterocycles. The standard InChI is InChI=1S/C19H23O3P/c1-14(2)19(18-17(13-20)22-18)23(21,15-9-5-3-6-10-15)16-11-7-4-8-12-16/h3-12,14,17-20H,13H2,1-2H3/t17-,18+,19+/m0/s1. The molecule has 2 aromatic carbocycles. The van der Waals surface area contributed by atoms with Crippen molar-refractivity contribution >= 4 is 17.8 Å². The summed E-state index contributed by atoms with van der Waals surface area (Å²) in [4.78, 5) is 0. The molecule has 1 fully saturated rings. The minimum absolute atomic E-state index is 0.0164. The maximum atomic E-state index is 14.3. The molecule has 3 atom stereocenters. The molecule has 0 spiro atoms. The van der Waals surface area contributed by atoms with Gasteiger partial charge in [0.15, 0.2) is 0 Å². The number of hydrogen-bond donors (Lipinski definition) is 1. The van der Waals surface area contributed by atoms with E-state index in [0.717, 1.165) is 10.6 Å². The summed E-state index contributed by atoms with van der Waals surface area (Å²) in [6.07, 6.45) is -0.339. The van der Waals surface area contributed by atoms with Gasteiger partial charge in [-0.2, -0.15) is 0 Å². The number of rotatable bonds is 6. The van der Waals surface area contributed by atoms with Crippen molar-refractivity contribution in [3.05, 3.63) is 60.7 Å². The second-order valence-electron chi connectivity index (χ2n) is 6.39. The highest BCUT2D eigenvalue weighted by molar-refractivity contribution is 7.79. The third kappa shape index (κ3) is 3.01. The Labute approximate surface area is 137 Å². The van der Waals surface area contributed by atoms with Gasteiger partial charge in [0.05, 0.1) is 18.4 Å². The van der Waals surface area contributed by atoms with Crippen molar-refractivity contribution < 1.29 is 14.4 Å². The number of epoxide rings is 1. The van der Waals surface area contributed by atoms with Gasteiger partial charge in [-0.1, -0.05) is 74.5 Å². The van der Waals surface area contributed by atoms with Gasteiger partial charge in [0.1, 0.15) is 13.2 Å². The van der Waals surface area contributed by atoms with Crippen LogP contribution in [0.15, 0.2) is 60.7 Å². The van der Waals surface area contributed by atoms with Gasteiger partial charge in [-0.15, -0.1) is 0 Å². The molecule has 0 aliphatic carbocycles. The molecule has 1 aliphatic heterocycles. The highest BCUT2D eigenvalue weighted by Crippen LogP contribution is 2.56. The van der Waals surface area contributed by atoms with Crippen LogP contribution in [0.5, 0.6) is 0 Å². The van der Waals surface area contributed by atoms with Gasteiger partial charge in [-0.25, -0.2) is 0 Å². The zero-order valence-electron chi connectivity index (χ0n) is 13.5. The summed E-state index contributed by atoms with van der Waals surface area (Å²) in [5, 5.41) is 11.1. The Bertz CT molecular complexity index is 641. The van der Waals surface area contributed by atoms with Crippen LogP contribution in [0, 0.1) is 5.92 Å². The van der Waals surface area contributed by atoms with Gasteiger partial charge in [0, 0.05) is 10.6 Å². The summed E-state index contributed by atoms with van der Waals surface area (Å²) >= 11 is 0. The van der Waals surface area contributed by atoms with Crippen LogP contribution in [0.2, 0.25) is 0 Å². The molecule has 122 valence electrons. The van der Waals surface area contributed by atoms with E-state index in [1.165, 1.54) is 0 Å². The second kappa shape index (κ2) is 6.60. The SMILES string of the molecule is CC(C)[C@H]([C@@H]1O[C@H]1CO)P(=O)(c1ccccc1)c1ccccc1. The number of aliphatic hydroxyl groups excluding tert-OH is 1. The maximum absolute atomic E-state index is 14.3. The van der Waals surface area contributed by atoms with Crippen LogP contribution in [0.4, 0.5) is 0 Å². The molecule has 1 saturated heterocycles. The average molecular weight is 330 g/mol. The van der Waals surface area contributed by atoms with Crippen LogP contribution >= 0.6 is 7.14 Å². The molecule has 1 N–H and O–H groups in total. The highest BCUT2D eigenvalue weighted by atomic mass is 31.2. The Balaban J connectivity index is 2.14. The fourth-order valence-corrected chi connectivity index (χ4v) is 7.13. The summed E-state index contributed by atoms with van der Waals surface area (Å²) in [5.41, 5.74) is -0.135. The topological polar surface area (TPSA) is 49.8 Å². The lowest BCUT2D eigenvalue weighted by Gasteiger charge is -2.30. The van der Waals surface area contributed by atoms with Gasteiger partial charge in [-0.3, -0.25) is 0 Å². The van der Waals surface area contributed by atoms with E-state index in [-0.39, 0.29) is 30.4 Å². The zero-order chi connectivity index (χ0) is 16.4. The van der Waals surface area contributed by atoms with Crippen molar-refractivity contribution in [2.75, 3.05) is 6.61 Å². The smallest absolute Gasteiger partial charge is 0.149 e. The maximum Gasteiger partial charge on any atom is 0.149 e. The highest BCUT2D eigenvalue weighted by Gasteiger charge is 2.54. The summed E-state index contributed by atoms with van der Waals surface area (Å²) < 4.78 is 20.0. The predicted octanol–water partition coefficient (Wildman–Crippen LogP) is 2.78. The largest absolute Gasteiger partial charge is 0.394 e. The summed E-state index contributed by atoms with van der Waals surface area (Å²) in [5.74, 6) is 0.183. The van der Waals surface area contributed by atoms with Crippen LogP contribution in [0.1, 0.15) is 13.8 Å². The Morgan fingerprint density at radius 2 is 1.48 bits per heavy atom. The number of aliphatic hydroxyl groups is 1. The molecule has 0 bridgehead atoms. The fourth-order valence-electron chi connectivity index (χ4n) is 3.40. The van der Waals surface area contributed by atoms with Gasteiger partial charge < -0.3 is 14.4 Å². The first kappa shape index (κ1) is 16.4. The minimum Gasteiger partial charge on any atom is -0.394 e. The number of benzene rings is 2. The lowest BCUT2D eigenvalue weighted by atomic mass is 10.1. The molecular weight excluding hydrogens is 307 g/mol. The van der Waals surface area contributed by atoms with Crippen LogP contribution < -0.4 is 10.6 Å². The molecule has 2 aromatic rings. The van der Waals surface area contributed by atoms with Crippen molar-refractivity contribution in [1.82, 2.24) is 0 Å². The van der Waals surface area contributed by atoms with E-state index in [2.05, 4.69) is 13.8 Å². The van der Waals surface area contributed by atoms with Crippen molar-refractivity contribution in [3.8, 4) is 0 Å². The van der Waals surface area contributed by atoms with E-state index >= 15 is 0 Å². The zero-order valence-corrected chi connectivity index (χ0v) is 14.4. The van der Waals surface area contributed by atoms with Crippen LogP contribution in [0.25, 0.3) is 0 Å². The van der Waals surface area contributed by atoms with Crippen molar-refractivity contribution in [1.29, 1.82) is 0 Å². The Morgan fingerprint density at radius 1 is 1.00 bits per heavy atom. The summed E-state index contributed by atoms with van der Waals surface area (Å²) in [7, 11) is -2.87. The molecule has 0 amide bonds. The van der Waals surface area contributed by atoms with Crippen LogP contribution in [0.3, 0.4) is 0 Å². The third-order valence-corrected chi connectivity index (χ3v) is 8.38. The Kier molecular flexibility index (Phi) is 4.72. The first-order chi connectivity index (χ1) is 11.1. The normalized spacial score (nSPS) is 22.1. The van der Waals surface area contributed by atoms with Crippen molar-refractivity contribution in [3.63, 3.8) is 0 Å². The number of ether oxygens (including phenoxy) is 1. The van der Waals surface area contributed by atoms with E-state index < -0.39 is 7.14 Å². The molecule has 23 heavy (non-hydrogen) atoms. The molecule has 3 nitrogen and oxygen atoms in total. The molecule has 0 radical (unpaired) electrons. The van der Waals surface area contributed by atoms with Crippen molar-refractivity contribution in [2.24, 2.45) is 5.92 Å². The van der Waals surface area contributed by atoms with Gasteiger partial charge >= 0.3 is 0 Å². The van der Waals surface area contributed by atoms with Gasteiger partial charge in [-0.05, 0) is 5.92 Å². The fraction of sp³-hybridized carbons (Fsp3) is 0.368. The van der Waals surface area contributed by atoms with Gasteiger partial charge in [0.2, 0.25) is 0 Å². The van der Waals surface area contributed by atoms with Crippen LogP contribution in [-0.4, -0.2) is 29.6 Å². The molecule has 0 unspecified atom stereocenters. The third-order valence-electron chi connectivity index (χ3n) is 4.52. The Morgan fingerprint density at radius 3 is 1.83 bits per heavy atom. The lowest BCUT2D eigenvalue weighted by Crippen LogP contribution is -2.34. The van der Waals surface area contributed by atoms with E-state index in [1.54, 1.807) is 0 Å². The van der Waals surface area contributed by atoms with E-state index in [4.69, 9.17) is 4.74 Å². The second-order valence-corrected chi connectivity index (χ2v) is 9.33. The molecule has 0 saturated carbocycles. The average Bonchev–Trinajstić information content (AvgIpc) is 3.35. The molecular formula is C19H23O3P.